The minimum atomic E-state index is -0.0518. The second kappa shape index (κ2) is 9.42. The molecule has 0 spiro atoms. The van der Waals surface area contributed by atoms with E-state index in [4.69, 9.17) is 34.8 Å². The van der Waals surface area contributed by atoms with Gasteiger partial charge in [-0.2, -0.15) is 0 Å². The molecule has 0 aliphatic heterocycles. The number of aromatic nitrogens is 1. The van der Waals surface area contributed by atoms with Crippen molar-refractivity contribution in [3.8, 4) is 11.3 Å². The van der Waals surface area contributed by atoms with E-state index >= 15 is 0 Å². The van der Waals surface area contributed by atoms with Gasteiger partial charge in [0.05, 0.1) is 16.4 Å². The van der Waals surface area contributed by atoms with E-state index in [1.54, 1.807) is 18.2 Å². The molecule has 3 rings (SSSR count). The molecule has 1 aromatic heterocycles. The van der Waals surface area contributed by atoms with Crippen molar-refractivity contribution in [2.24, 2.45) is 0 Å². The number of benzene rings is 2. The third-order valence-corrected chi connectivity index (χ3v) is 5.24. The van der Waals surface area contributed by atoms with Gasteiger partial charge in [0.15, 0.2) is 5.13 Å². The number of thiazole rings is 1. The van der Waals surface area contributed by atoms with Crippen molar-refractivity contribution in [1.82, 2.24) is 4.98 Å². The highest BCUT2D eigenvalue weighted by Crippen LogP contribution is 2.32. The van der Waals surface area contributed by atoms with Crippen LogP contribution in [0.1, 0.15) is 12.8 Å². The zero-order chi connectivity index (χ0) is 19.2. The third kappa shape index (κ3) is 5.59. The van der Waals surface area contributed by atoms with E-state index in [1.165, 1.54) is 11.3 Å². The Bertz CT molecular complexity index is 945. The second-order valence-corrected chi connectivity index (χ2v) is 7.79. The summed E-state index contributed by atoms with van der Waals surface area (Å²) in [4.78, 5) is 16.5. The van der Waals surface area contributed by atoms with Gasteiger partial charge in [0.1, 0.15) is 0 Å². The normalized spacial score (nSPS) is 10.6. The van der Waals surface area contributed by atoms with Gasteiger partial charge in [0.25, 0.3) is 0 Å². The number of nitrogens with zero attached hydrogens (tertiary/aromatic N) is 1. The molecule has 4 nitrogen and oxygen atoms in total. The summed E-state index contributed by atoms with van der Waals surface area (Å²) in [5.41, 5.74) is 3.14. The van der Waals surface area contributed by atoms with Crippen LogP contribution in [0, 0.1) is 0 Å². The lowest BCUT2D eigenvalue weighted by Gasteiger charge is -2.06. The van der Waals surface area contributed by atoms with E-state index in [0.717, 1.165) is 16.9 Å². The summed E-state index contributed by atoms with van der Waals surface area (Å²) in [6.45, 7) is 0. The standard InChI is InChI=1S/C19H16Cl3N3OS/c20-8-2-5-18(26)23-14-4-1-3-12(9-14)17-11-27-19(25-17)24-16-10-13(21)6-7-15(16)22/h1,3-4,6-7,9-11H,2,5,8H2,(H,23,26)(H,24,25). The molecule has 2 aromatic carbocycles. The first-order valence-electron chi connectivity index (χ1n) is 8.19. The summed E-state index contributed by atoms with van der Waals surface area (Å²) < 4.78 is 0. The van der Waals surface area contributed by atoms with E-state index in [0.29, 0.717) is 39.6 Å². The lowest BCUT2D eigenvalue weighted by Crippen LogP contribution is -2.11. The maximum absolute atomic E-state index is 11.9. The Labute approximate surface area is 176 Å². The van der Waals surface area contributed by atoms with E-state index < -0.39 is 0 Å². The smallest absolute Gasteiger partial charge is 0.224 e. The fourth-order valence-electron chi connectivity index (χ4n) is 2.38. The summed E-state index contributed by atoms with van der Waals surface area (Å²) in [5.74, 6) is 0.419. The van der Waals surface area contributed by atoms with Crippen molar-refractivity contribution in [3.05, 3.63) is 57.9 Å². The number of amides is 1. The number of nitrogens with one attached hydrogen (secondary N) is 2. The Morgan fingerprint density at radius 1 is 1.15 bits per heavy atom. The summed E-state index contributed by atoms with van der Waals surface area (Å²) >= 11 is 19.3. The maximum atomic E-state index is 11.9. The number of hydrogen-bond acceptors (Lipinski definition) is 4. The van der Waals surface area contributed by atoms with Crippen LogP contribution in [-0.2, 0) is 4.79 Å². The van der Waals surface area contributed by atoms with E-state index in [1.807, 2.05) is 29.6 Å². The van der Waals surface area contributed by atoms with Crippen LogP contribution in [0.5, 0.6) is 0 Å². The topological polar surface area (TPSA) is 54.0 Å². The van der Waals surface area contributed by atoms with Gasteiger partial charge in [-0.15, -0.1) is 22.9 Å². The second-order valence-electron chi connectivity index (χ2n) is 5.71. The number of carbonyl (C=O) groups excluding carboxylic acids is 1. The zero-order valence-corrected chi connectivity index (χ0v) is 17.2. The van der Waals surface area contributed by atoms with Gasteiger partial charge in [-0.05, 0) is 36.8 Å². The van der Waals surface area contributed by atoms with Gasteiger partial charge in [-0.25, -0.2) is 4.98 Å². The van der Waals surface area contributed by atoms with Crippen molar-refractivity contribution >= 4 is 68.6 Å². The van der Waals surface area contributed by atoms with Crippen LogP contribution < -0.4 is 10.6 Å². The molecule has 0 bridgehead atoms. The lowest BCUT2D eigenvalue weighted by atomic mass is 10.1. The highest BCUT2D eigenvalue weighted by Gasteiger charge is 2.09. The zero-order valence-electron chi connectivity index (χ0n) is 14.1. The molecular weight excluding hydrogens is 425 g/mol. The Morgan fingerprint density at radius 3 is 2.81 bits per heavy atom. The first-order valence-corrected chi connectivity index (χ1v) is 10.4. The summed E-state index contributed by atoms with van der Waals surface area (Å²) in [7, 11) is 0. The van der Waals surface area contributed by atoms with Crippen LogP contribution in [0.4, 0.5) is 16.5 Å². The molecule has 0 aliphatic rings. The highest BCUT2D eigenvalue weighted by atomic mass is 35.5. The Balaban J connectivity index is 1.73. The lowest BCUT2D eigenvalue weighted by molar-refractivity contribution is -0.116. The maximum Gasteiger partial charge on any atom is 0.224 e. The number of rotatable bonds is 7. The molecule has 2 N–H and O–H groups in total. The summed E-state index contributed by atoms with van der Waals surface area (Å²) in [5, 5.41) is 9.86. The van der Waals surface area contributed by atoms with Crippen molar-refractivity contribution in [1.29, 1.82) is 0 Å². The summed E-state index contributed by atoms with van der Waals surface area (Å²) in [6.07, 6.45) is 1.05. The van der Waals surface area contributed by atoms with Crippen molar-refractivity contribution < 1.29 is 4.79 Å². The molecule has 1 amide bonds. The number of anilines is 3. The molecular formula is C19H16Cl3N3OS. The fourth-order valence-corrected chi connectivity index (χ4v) is 3.58. The Morgan fingerprint density at radius 2 is 2.00 bits per heavy atom. The molecule has 1 heterocycles. The third-order valence-electron chi connectivity index (χ3n) is 3.65. The van der Waals surface area contributed by atoms with Gasteiger partial charge in [-0.3, -0.25) is 4.79 Å². The minimum absolute atomic E-state index is 0.0518. The molecule has 0 radical (unpaired) electrons. The summed E-state index contributed by atoms with van der Waals surface area (Å²) in [6, 6.07) is 12.8. The SMILES string of the molecule is O=C(CCCCl)Nc1cccc(-c2csc(Nc3cc(Cl)ccc3Cl)n2)c1. The first-order chi connectivity index (χ1) is 13.0. The van der Waals surface area contributed by atoms with Crippen LogP contribution in [0.15, 0.2) is 47.8 Å². The van der Waals surface area contributed by atoms with Gasteiger partial charge in [0, 0.05) is 34.0 Å². The minimum Gasteiger partial charge on any atom is -0.330 e. The van der Waals surface area contributed by atoms with E-state index in [9.17, 15) is 4.79 Å². The largest absolute Gasteiger partial charge is 0.330 e. The average molecular weight is 441 g/mol. The fraction of sp³-hybridized carbons (Fsp3) is 0.158. The van der Waals surface area contributed by atoms with E-state index in [2.05, 4.69) is 15.6 Å². The molecule has 0 saturated carbocycles. The van der Waals surface area contributed by atoms with Gasteiger partial charge >= 0.3 is 0 Å². The molecule has 3 aromatic rings. The van der Waals surface area contributed by atoms with Crippen LogP contribution in [0.3, 0.4) is 0 Å². The van der Waals surface area contributed by atoms with Gasteiger partial charge < -0.3 is 10.6 Å². The average Bonchev–Trinajstić information content (AvgIpc) is 3.12. The van der Waals surface area contributed by atoms with Crippen LogP contribution >= 0.6 is 46.1 Å². The monoisotopic (exact) mass is 439 g/mol. The van der Waals surface area contributed by atoms with Gasteiger partial charge in [-0.1, -0.05) is 35.3 Å². The van der Waals surface area contributed by atoms with Crippen molar-refractivity contribution in [3.63, 3.8) is 0 Å². The first kappa shape index (κ1) is 20.0. The van der Waals surface area contributed by atoms with Crippen LogP contribution in [0.25, 0.3) is 11.3 Å². The molecule has 0 fully saturated rings. The molecule has 0 unspecified atom stereocenters. The number of carbonyl (C=O) groups is 1. The quantitative estimate of drug-likeness (QED) is 0.396. The Hall–Kier alpha value is -1.79. The predicted molar refractivity (Wildman–Crippen MR) is 116 cm³/mol. The van der Waals surface area contributed by atoms with Crippen LogP contribution in [0.2, 0.25) is 10.0 Å². The van der Waals surface area contributed by atoms with Gasteiger partial charge in [0.2, 0.25) is 5.91 Å². The van der Waals surface area contributed by atoms with Crippen molar-refractivity contribution in [2.45, 2.75) is 12.8 Å². The number of hydrogen-bond donors (Lipinski definition) is 2. The van der Waals surface area contributed by atoms with Crippen LogP contribution in [-0.4, -0.2) is 16.8 Å². The molecule has 8 heteroatoms. The van der Waals surface area contributed by atoms with Crippen molar-refractivity contribution in [2.75, 3.05) is 16.5 Å². The molecule has 0 aliphatic carbocycles. The predicted octanol–water partition coefficient (Wildman–Crippen LogP) is 6.82. The molecule has 27 heavy (non-hydrogen) atoms. The number of alkyl halides is 1. The van der Waals surface area contributed by atoms with E-state index in [-0.39, 0.29) is 5.91 Å². The Kier molecular flexibility index (Phi) is 6.96. The highest BCUT2D eigenvalue weighted by molar-refractivity contribution is 7.14. The molecule has 0 saturated heterocycles. The number of halogens is 3. The molecule has 140 valence electrons. The molecule has 0 atom stereocenters.